The zero-order valence-corrected chi connectivity index (χ0v) is 20.5. The van der Waals surface area contributed by atoms with Crippen LogP contribution in [-0.4, -0.2) is 33.3 Å². The van der Waals surface area contributed by atoms with Crippen LogP contribution in [0.1, 0.15) is 12.8 Å². The summed E-state index contributed by atoms with van der Waals surface area (Å²) in [6.07, 6.45) is 4.46. The minimum absolute atomic E-state index is 0. The maximum absolute atomic E-state index is 8.65. The number of phenolic OH excluding ortho intramolecular Hbond substituents is 2. The molecule has 3 aromatic carbocycles. The summed E-state index contributed by atoms with van der Waals surface area (Å²) in [4.78, 5) is 10.3. The first-order valence-corrected chi connectivity index (χ1v) is 10.3. The van der Waals surface area contributed by atoms with E-state index in [1.807, 2.05) is 18.3 Å². The van der Waals surface area contributed by atoms with Crippen LogP contribution in [-0.2, 0) is 21.1 Å². The summed E-state index contributed by atoms with van der Waals surface area (Å²) in [5, 5.41) is 17.3. The summed E-state index contributed by atoms with van der Waals surface area (Å²) in [7, 11) is 0. The van der Waals surface area contributed by atoms with Crippen LogP contribution in [0, 0.1) is 0 Å². The van der Waals surface area contributed by atoms with Crippen LogP contribution < -0.4 is 4.90 Å². The molecule has 4 aromatic rings. The molecule has 0 saturated carbocycles. The number of anilines is 1. The number of imidazole rings is 1. The number of benzene rings is 3. The molecule has 1 aromatic heterocycles. The van der Waals surface area contributed by atoms with E-state index in [1.165, 1.54) is 55.9 Å². The molecule has 1 aliphatic rings. The molecule has 2 heterocycles. The van der Waals surface area contributed by atoms with E-state index < -0.39 is 0 Å². The molecule has 7 heteroatoms. The molecule has 6 nitrogen and oxygen atoms in total. The summed E-state index contributed by atoms with van der Waals surface area (Å²) in [5.74, 6) is 1.18. The van der Waals surface area contributed by atoms with Gasteiger partial charge in [-0.1, -0.05) is 36.4 Å². The molecule has 1 fully saturated rings. The number of H-pyrrole nitrogens is 1. The van der Waals surface area contributed by atoms with Crippen molar-refractivity contribution in [1.82, 2.24) is 9.97 Å². The predicted molar refractivity (Wildman–Crippen MR) is 125 cm³/mol. The van der Waals surface area contributed by atoms with Crippen LogP contribution in [0.15, 0.2) is 79.0 Å². The van der Waals surface area contributed by atoms with Gasteiger partial charge >= 0.3 is 0 Å². The Kier molecular flexibility index (Phi) is 7.96. The molecule has 1 saturated heterocycles. The van der Waals surface area contributed by atoms with Gasteiger partial charge in [-0.3, -0.25) is 0 Å². The van der Waals surface area contributed by atoms with Gasteiger partial charge in [-0.25, -0.2) is 4.98 Å². The van der Waals surface area contributed by atoms with Gasteiger partial charge in [0.15, 0.2) is 0 Å². The summed E-state index contributed by atoms with van der Waals surface area (Å²) < 4.78 is 0. The average Bonchev–Trinajstić information content (AvgIpc) is 3.50. The number of aromatic hydroxyl groups is 2. The largest absolute Gasteiger partial charge is 0.699 e. The number of nitrogens with one attached hydrogen (secondary N) is 2. The predicted octanol–water partition coefficient (Wildman–Crippen LogP) is 6.12. The molecular weight excluding hydrogens is 572 g/mol. The SMILES string of the molecule is Oc1ccc(O)cc1.[NH-]c1ccc(-c2ncc(-c3ccc(N4CCCC4)cc3)[nH]2)cc1.[W]. The Morgan fingerprint density at radius 3 is 1.84 bits per heavy atom. The first kappa shape index (κ1) is 23.4. The van der Waals surface area contributed by atoms with Gasteiger partial charge in [0, 0.05) is 45.4 Å². The molecule has 0 radical (unpaired) electrons. The van der Waals surface area contributed by atoms with Gasteiger partial charge in [0.1, 0.15) is 17.3 Å². The summed E-state index contributed by atoms with van der Waals surface area (Å²) in [6.45, 7) is 2.33. The van der Waals surface area contributed by atoms with Gasteiger partial charge in [0.2, 0.25) is 0 Å². The third kappa shape index (κ3) is 5.92. The van der Waals surface area contributed by atoms with Gasteiger partial charge in [-0.05, 0) is 54.8 Å². The van der Waals surface area contributed by atoms with Gasteiger partial charge in [-0.15, -0.1) is 5.69 Å². The number of hydrogen-bond acceptors (Lipinski definition) is 4. The van der Waals surface area contributed by atoms with Crippen LogP contribution in [0.25, 0.3) is 28.4 Å². The fraction of sp³-hybridized carbons (Fsp3) is 0.160. The van der Waals surface area contributed by atoms with Crippen molar-refractivity contribution in [2.45, 2.75) is 12.8 Å². The first-order valence-electron chi connectivity index (χ1n) is 10.3. The Bertz CT molecular complexity index is 1080. The summed E-state index contributed by atoms with van der Waals surface area (Å²) in [5.41, 5.74) is 12.5. The Labute approximate surface area is 202 Å². The van der Waals surface area contributed by atoms with Crippen LogP contribution in [0.2, 0.25) is 0 Å². The van der Waals surface area contributed by atoms with Crippen molar-refractivity contribution in [1.29, 1.82) is 0 Å². The van der Waals surface area contributed by atoms with E-state index in [4.69, 9.17) is 15.9 Å². The molecule has 5 rings (SSSR count). The Hall–Kier alpha value is -3.24. The van der Waals surface area contributed by atoms with Crippen molar-refractivity contribution in [2.75, 3.05) is 18.0 Å². The normalized spacial score (nSPS) is 12.6. The van der Waals surface area contributed by atoms with Crippen LogP contribution in [0.4, 0.5) is 11.4 Å². The van der Waals surface area contributed by atoms with Crippen LogP contribution >= 0.6 is 0 Å². The number of aromatic amines is 1. The Morgan fingerprint density at radius 2 is 1.28 bits per heavy atom. The van der Waals surface area contributed by atoms with Gasteiger partial charge in [-0.2, -0.15) is 0 Å². The third-order valence-corrected chi connectivity index (χ3v) is 5.23. The molecule has 0 bridgehead atoms. The smallest absolute Gasteiger partial charge is 0.137 e. The van der Waals surface area contributed by atoms with Crippen LogP contribution in [0.5, 0.6) is 11.5 Å². The molecule has 0 aliphatic carbocycles. The topological polar surface area (TPSA) is 96.2 Å². The van der Waals surface area contributed by atoms with Gasteiger partial charge in [0.25, 0.3) is 0 Å². The molecule has 0 unspecified atom stereocenters. The van der Waals surface area contributed by atoms with Crippen LogP contribution in [0.3, 0.4) is 0 Å². The zero-order chi connectivity index (χ0) is 21.6. The van der Waals surface area contributed by atoms with Crippen molar-refractivity contribution >= 4 is 11.4 Å². The Balaban J connectivity index is 0.000000274. The van der Waals surface area contributed by atoms with Gasteiger partial charge in [0.05, 0.1) is 11.9 Å². The first-order chi connectivity index (χ1) is 15.1. The fourth-order valence-electron chi connectivity index (χ4n) is 3.52. The van der Waals surface area contributed by atoms with Gasteiger partial charge < -0.3 is 25.8 Å². The van der Waals surface area contributed by atoms with E-state index in [0.717, 1.165) is 22.6 Å². The second-order valence-corrected chi connectivity index (χ2v) is 7.48. The molecule has 0 atom stereocenters. The number of hydrogen-bond donors (Lipinski definition) is 3. The maximum Gasteiger partial charge on any atom is 0.137 e. The number of aromatic nitrogens is 2. The number of nitrogens with zero attached hydrogens (tertiary/aromatic N) is 2. The minimum Gasteiger partial charge on any atom is -0.699 e. The van der Waals surface area contributed by atoms with E-state index in [2.05, 4.69) is 39.1 Å². The van der Waals surface area contributed by atoms with Crippen molar-refractivity contribution in [2.24, 2.45) is 0 Å². The minimum atomic E-state index is 0. The number of phenols is 2. The molecule has 1 aliphatic heterocycles. The maximum atomic E-state index is 8.65. The molecule has 4 N–H and O–H groups in total. The van der Waals surface area contributed by atoms with Crippen molar-refractivity contribution in [3.63, 3.8) is 0 Å². The van der Waals surface area contributed by atoms with Crippen molar-refractivity contribution < 1.29 is 31.3 Å². The van der Waals surface area contributed by atoms with E-state index in [9.17, 15) is 0 Å². The molecule has 0 spiro atoms. The quantitative estimate of drug-likeness (QED) is 0.248. The second kappa shape index (κ2) is 10.9. The van der Waals surface area contributed by atoms with E-state index in [-0.39, 0.29) is 32.6 Å². The van der Waals surface area contributed by atoms with E-state index >= 15 is 0 Å². The zero-order valence-electron chi connectivity index (χ0n) is 17.5. The molecule has 32 heavy (non-hydrogen) atoms. The summed E-state index contributed by atoms with van der Waals surface area (Å²) in [6, 6.07) is 21.8. The molecular formula is C25H25N4O2W-. The second-order valence-electron chi connectivity index (χ2n) is 7.48. The number of rotatable bonds is 3. The van der Waals surface area contributed by atoms with Crippen molar-refractivity contribution in [3.8, 4) is 34.1 Å². The van der Waals surface area contributed by atoms with E-state index in [0.29, 0.717) is 5.69 Å². The van der Waals surface area contributed by atoms with Crippen molar-refractivity contribution in [3.05, 3.63) is 84.7 Å². The monoisotopic (exact) mass is 597 g/mol. The van der Waals surface area contributed by atoms with E-state index in [1.54, 1.807) is 12.1 Å². The average molecular weight is 597 g/mol. The fourth-order valence-corrected chi connectivity index (χ4v) is 3.52. The third-order valence-electron chi connectivity index (χ3n) is 5.23. The molecule has 164 valence electrons. The summed E-state index contributed by atoms with van der Waals surface area (Å²) >= 11 is 0. The standard InChI is InChI=1S/C19H19N4.C6H6O2.W/c20-16-7-3-15(4-8-16)19-21-13-18(22-19)14-5-9-17(10-6-14)23-11-1-2-12-23;7-5-1-2-6(8)4-3-5;/h3-10,13,20H,1-2,11-12H2,(H,21,22);1-4,7-8H;/q-1;;. The molecule has 0 amide bonds. The Morgan fingerprint density at radius 1 is 0.750 bits per heavy atom.